The van der Waals surface area contributed by atoms with Crippen LogP contribution in [-0.2, 0) is 6.42 Å². The molecule has 1 heterocycles. The van der Waals surface area contributed by atoms with E-state index in [-0.39, 0.29) is 0 Å². The van der Waals surface area contributed by atoms with Crippen LogP contribution >= 0.6 is 11.3 Å². The van der Waals surface area contributed by atoms with Gasteiger partial charge in [-0.3, -0.25) is 0 Å². The van der Waals surface area contributed by atoms with Crippen LogP contribution in [0.5, 0.6) is 0 Å². The number of carboxylic acids is 1. The molecule has 78 valence electrons. The maximum atomic E-state index is 11.2. The predicted octanol–water partition coefficient (Wildman–Crippen LogP) is 3.55. The number of carbonyl (C=O) groups is 1. The topological polar surface area (TPSA) is 37.3 Å². The van der Waals surface area contributed by atoms with Crippen molar-refractivity contribution in [1.82, 2.24) is 0 Å². The van der Waals surface area contributed by atoms with Crippen molar-refractivity contribution in [2.75, 3.05) is 0 Å². The molecule has 0 bridgehead atoms. The van der Waals surface area contributed by atoms with E-state index in [1.54, 1.807) is 11.3 Å². The smallest absolute Gasteiger partial charge is 0.337 e. The number of aromatic carboxylic acids is 1. The molecule has 2 aromatic rings. The Labute approximate surface area is 92.2 Å². The number of thiophene rings is 1. The van der Waals surface area contributed by atoms with Crippen molar-refractivity contribution in [3.63, 3.8) is 0 Å². The summed E-state index contributed by atoms with van der Waals surface area (Å²) in [6, 6.07) is 7.69. The van der Waals surface area contributed by atoms with Gasteiger partial charge in [0.1, 0.15) is 0 Å². The van der Waals surface area contributed by atoms with Gasteiger partial charge >= 0.3 is 5.97 Å². The molecule has 0 spiro atoms. The Bertz CT molecular complexity index is 499. The fourth-order valence-corrected chi connectivity index (χ4v) is 3.03. The van der Waals surface area contributed by atoms with E-state index in [4.69, 9.17) is 0 Å². The summed E-state index contributed by atoms with van der Waals surface area (Å²) in [6.45, 7) is 2.07. The quantitative estimate of drug-likeness (QED) is 0.858. The van der Waals surface area contributed by atoms with Gasteiger partial charge in [-0.25, -0.2) is 4.79 Å². The highest BCUT2D eigenvalue weighted by Gasteiger charge is 2.16. The normalized spacial score (nSPS) is 10.7. The van der Waals surface area contributed by atoms with Gasteiger partial charge in [-0.2, -0.15) is 0 Å². The summed E-state index contributed by atoms with van der Waals surface area (Å²) < 4.78 is 1.07. The summed E-state index contributed by atoms with van der Waals surface area (Å²) in [5.41, 5.74) is 0.498. The van der Waals surface area contributed by atoms with Crippen LogP contribution in [0.25, 0.3) is 10.1 Å². The number of carboxylic acid groups (broad SMARTS) is 1. The van der Waals surface area contributed by atoms with Crippen LogP contribution in [-0.4, -0.2) is 11.1 Å². The number of fused-ring (bicyclic) bond motifs is 1. The van der Waals surface area contributed by atoms with Gasteiger partial charge in [-0.05, 0) is 12.5 Å². The van der Waals surface area contributed by atoms with E-state index in [1.165, 1.54) is 0 Å². The van der Waals surface area contributed by atoms with E-state index in [9.17, 15) is 9.90 Å². The minimum atomic E-state index is -0.809. The molecular formula is C12H12O2S. The van der Waals surface area contributed by atoms with E-state index in [0.29, 0.717) is 5.56 Å². The third-order valence-corrected chi connectivity index (χ3v) is 3.59. The highest BCUT2D eigenvalue weighted by molar-refractivity contribution is 7.19. The van der Waals surface area contributed by atoms with Crippen molar-refractivity contribution in [1.29, 1.82) is 0 Å². The van der Waals surface area contributed by atoms with Gasteiger partial charge in [0, 0.05) is 15.0 Å². The molecule has 0 atom stereocenters. The first-order chi connectivity index (χ1) is 7.24. The monoisotopic (exact) mass is 220 g/mol. The third-order valence-electron chi connectivity index (χ3n) is 2.36. The van der Waals surface area contributed by atoms with E-state index in [2.05, 4.69) is 6.92 Å². The van der Waals surface area contributed by atoms with Crippen LogP contribution < -0.4 is 0 Å². The maximum Gasteiger partial charge on any atom is 0.337 e. The molecular weight excluding hydrogens is 208 g/mol. The average molecular weight is 220 g/mol. The maximum absolute atomic E-state index is 11.2. The minimum absolute atomic E-state index is 0.498. The van der Waals surface area contributed by atoms with Crippen molar-refractivity contribution < 1.29 is 9.90 Å². The van der Waals surface area contributed by atoms with Crippen molar-refractivity contribution in [2.24, 2.45) is 0 Å². The largest absolute Gasteiger partial charge is 0.478 e. The lowest BCUT2D eigenvalue weighted by Gasteiger charge is -1.96. The molecule has 0 radical (unpaired) electrons. The average Bonchev–Trinajstić information content (AvgIpc) is 2.56. The standard InChI is InChI=1S/C12H12O2S/c1-2-5-10-11(12(13)14)8-6-3-4-7-9(8)15-10/h3-4,6-7H,2,5H2,1H3,(H,13,14). The number of rotatable bonds is 3. The van der Waals surface area contributed by atoms with Gasteiger partial charge in [-0.1, -0.05) is 31.5 Å². The van der Waals surface area contributed by atoms with Crippen LogP contribution in [0.15, 0.2) is 24.3 Å². The molecule has 1 N–H and O–H groups in total. The fourth-order valence-electron chi connectivity index (χ4n) is 1.73. The van der Waals surface area contributed by atoms with Crippen LogP contribution in [0, 0.1) is 0 Å². The first-order valence-electron chi connectivity index (χ1n) is 4.97. The number of hydrogen-bond donors (Lipinski definition) is 1. The lowest BCUT2D eigenvalue weighted by molar-refractivity contribution is 0.0698. The molecule has 0 saturated heterocycles. The first-order valence-corrected chi connectivity index (χ1v) is 5.79. The van der Waals surface area contributed by atoms with Gasteiger partial charge in [-0.15, -0.1) is 11.3 Å². The molecule has 0 fully saturated rings. The van der Waals surface area contributed by atoms with Crippen molar-refractivity contribution in [2.45, 2.75) is 19.8 Å². The van der Waals surface area contributed by atoms with Gasteiger partial charge in [0.2, 0.25) is 0 Å². The summed E-state index contributed by atoms with van der Waals surface area (Å²) in [5, 5.41) is 10.1. The van der Waals surface area contributed by atoms with E-state index >= 15 is 0 Å². The predicted molar refractivity (Wildman–Crippen MR) is 62.8 cm³/mol. The lowest BCUT2D eigenvalue weighted by atomic mass is 10.1. The number of hydrogen-bond acceptors (Lipinski definition) is 2. The van der Waals surface area contributed by atoms with Crippen molar-refractivity contribution in [3.8, 4) is 0 Å². The Kier molecular flexibility index (Phi) is 2.73. The molecule has 0 aliphatic carbocycles. The second kappa shape index (κ2) is 4.03. The molecule has 1 aromatic heterocycles. The number of aryl methyl sites for hydroxylation is 1. The second-order valence-electron chi connectivity index (χ2n) is 3.45. The van der Waals surface area contributed by atoms with Crippen molar-refractivity contribution >= 4 is 27.4 Å². The van der Waals surface area contributed by atoms with Crippen LogP contribution in [0.1, 0.15) is 28.6 Å². The van der Waals surface area contributed by atoms with Gasteiger partial charge in [0.05, 0.1) is 5.56 Å². The van der Waals surface area contributed by atoms with Crippen LogP contribution in [0.4, 0.5) is 0 Å². The Morgan fingerprint density at radius 2 is 2.13 bits per heavy atom. The summed E-state index contributed by atoms with van der Waals surface area (Å²) in [6.07, 6.45) is 1.83. The molecule has 0 amide bonds. The second-order valence-corrected chi connectivity index (χ2v) is 4.59. The summed E-state index contributed by atoms with van der Waals surface area (Å²) in [4.78, 5) is 12.2. The highest BCUT2D eigenvalue weighted by Crippen LogP contribution is 2.31. The molecule has 0 unspecified atom stereocenters. The first kappa shape index (κ1) is 10.2. The molecule has 0 aliphatic heterocycles. The molecule has 0 aliphatic rings. The zero-order chi connectivity index (χ0) is 10.8. The van der Waals surface area contributed by atoms with Gasteiger partial charge < -0.3 is 5.11 Å². The molecule has 15 heavy (non-hydrogen) atoms. The Morgan fingerprint density at radius 3 is 2.80 bits per heavy atom. The zero-order valence-electron chi connectivity index (χ0n) is 8.49. The molecule has 0 saturated carbocycles. The van der Waals surface area contributed by atoms with Gasteiger partial charge in [0.15, 0.2) is 0 Å². The third kappa shape index (κ3) is 1.75. The van der Waals surface area contributed by atoms with E-state index in [1.807, 2.05) is 24.3 Å². The summed E-state index contributed by atoms with van der Waals surface area (Å²) in [5.74, 6) is -0.809. The van der Waals surface area contributed by atoms with E-state index < -0.39 is 5.97 Å². The Hall–Kier alpha value is -1.35. The van der Waals surface area contributed by atoms with E-state index in [0.717, 1.165) is 27.8 Å². The molecule has 3 heteroatoms. The molecule has 1 aromatic carbocycles. The SMILES string of the molecule is CCCc1sc2ccccc2c1C(=O)O. The molecule has 2 nitrogen and oxygen atoms in total. The summed E-state index contributed by atoms with van der Waals surface area (Å²) >= 11 is 1.60. The number of benzene rings is 1. The minimum Gasteiger partial charge on any atom is -0.478 e. The Morgan fingerprint density at radius 1 is 1.40 bits per heavy atom. The lowest BCUT2D eigenvalue weighted by Crippen LogP contribution is -1.98. The Balaban J connectivity index is 2.69. The highest BCUT2D eigenvalue weighted by atomic mass is 32.1. The van der Waals surface area contributed by atoms with Crippen LogP contribution in [0.3, 0.4) is 0 Å². The van der Waals surface area contributed by atoms with Crippen LogP contribution in [0.2, 0.25) is 0 Å². The fraction of sp³-hybridized carbons (Fsp3) is 0.250. The zero-order valence-corrected chi connectivity index (χ0v) is 9.30. The molecule has 2 rings (SSSR count). The summed E-state index contributed by atoms with van der Waals surface area (Å²) in [7, 11) is 0. The van der Waals surface area contributed by atoms with Crippen molar-refractivity contribution in [3.05, 3.63) is 34.7 Å². The van der Waals surface area contributed by atoms with Gasteiger partial charge in [0.25, 0.3) is 0 Å².